The Hall–Kier alpha value is -1.88. The molecular weight excluding hydrogens is 244 g/mol. The van der Waals surface area contributed by atoms with E-state index in [2.05, 4.69) is 16.1 Å². The molecule has 0 radical (unpaired) electrons. The van der Waals surface area contributed by atoms with Crippen LogP contribution in [0.25, 0.3) is 0 Å². The van der Waals surface area contributed by atoms with Gasteiger partial charge >= 0.3 is 5.97 Å². The second kappa shape index (κ2) is 5.84. The highest BCUT2D eigenvalue weighted by atomic mass is 16.5. The van der Waals surface area contributed by atoms with Gasteiger partial charge in [0.1, 0.15) is 6.54 Å². The van der Waals surface area contributed by atoms with Crippen molar-refractivity contribution in [2.75, 3.05) is 20.7 Å². The fraction of sp³-hybridized carbons (Fsp3) is 0.429. The van der Waals surface area contributed by atoms with Gasteiger partial charge in [0.2, 0.25) is 5.91 Å². The number of benzene rings is 1. The SMILES string of the molecule is COC(=O)CN(C)C(=O)[C@H]1Cc2ccccc2CN1. The lowest BCUT2D eigenvalue weighted by Crippen LogP contribution is -2.49. The highest BCUT2D eigenvalue weighted by molar-refractivity contribution is 5.86. The minimum atomic E-state index is -0.410. The van der Waals surface area contributed by atoms with Gasteiger partial charge in [-0.1, -0.05) is 24.3 Å². The zero-order valence-electron chi connectivity index (χ0n) is 11.2. The lowest BCUT2D eigenvalue weighted by Gasteiger charge is -2.28. The van der Waals surface area contributed by atoms with Crippen LogP contribution in [0.5, 0.6) is 0 Å². The molecule has 1 heterocycles. The number of hydrogen-bond donors (Lipinski definition) is 1. The van der Waals surface area contributed by atoms with E-state index < -0.39 is 5.97 Å². The van der Waals surface area contributed by atoms with E-state index in [0.29, 0.717) is 13.0 Å². The Bertz CT molecular complexity index is 487. The Morgan fingerprint density at radius 3 is 2.74 bits per heavy atom. The van der Waals surface area contributed by atoms with Crippen LogP contribution < -0.4 is 5.32 Å². The van der Waals surface area contributed by atoms with Crippen molar-refractivity contribution in [1.29, 1.82) is 0 Å². The van der Waals surface area contributed by atoms with Gasteiger partial charge in [-0.15, -0.1) is 0 Å². The van der Waals surface area contributed by atoms with Crippen molar-refractivity contribution in [2.24, 2.45) is 0 Å². The van der Waals surface area contributed by atoms with E-state index >= 15 is 0 Å². The van der Waals surface area contributed by atoms with Crippen molar-refractivity contribution < 1.29 is 14.3 Å². The summed E-state index contributed by atoms with van der Waals surface area (Å²) < 4.78 is 4.56. The molecule has 1 atom stereocenters. The largest absolute Gasteiger partial charge is 0.468 e. The van der Waals surface area contributed by atoms with Gasteiger partial charge in [-0.3, -0.25) is 9.59 Å². The Labute approximate surface area is 112 Å². The molecule has 102 valence electrons. The molecule has 5 nitrogen and oxygen atoms in total. The van der Waals surface area contributed by atoms with Crippen LogP contribution in [0.2, 0.25) is 0 Å². The van der Waals surface area contributed by atoms with Gasteiger partial charge in [-0.25, -0.2) is 0 Å². The van der Waals surface area contributed by atoms with Gasteiger partial charge in [0.05, 0.1) is 13.2 Å². The van der Waals surface area contributed by atoms with Crippen LogP contribution in [0.15, 0.2) is 24.3 Å². The maximum atomic E-state index is 12.2. The second-order valence-electron chi connectivity index (χ2n) is 4.68. The molecule has 1 aromatic rings. The second-order valence-corrected chi connectivity index (χ2v) is 4.68. The quantitative estimate of drug-likeness (QED) is 0.798. The average molecular weight is 262 g/mol. The first kappa shape index (κ1) is 13.5. The number of nitrogens with one attached hydrogen (secondary N) is 1. The molecule has 0 saturated heterocycles. The molecule has 0 fully saturated rings. The van der Waals surface area contributed by atoms with Crippen LogP contribution in [-0.2, 0) is 27.3 Å². The standard InChI is InChI=1S/C14H18N2O3/c1-16(9-13(17)19-2)14(18)12-7-10-5-3-4-6-11(10)8-15-12/h3-6,12,15H,7-9H2,1-2H3/t12-/m1/s1. The first-order valence-corrected chi connectivity index (χ1v) is 6.23. The van der Waals surface area contributed by atoms with Crippen molar-refractivity contribution in [2.45, 2.75) is 19.0 Å². The maximum absolute atomic E-state index is 12.2. The van der Waals surface area contributed by atoms with Gasteiger partial charge in [0.25, 0.3) is 0 Å². The molecule has 0 aliphatic carbocycles. The molecule has 0 bridgehead atoms. The molecule has 1 N–H and O–H groups in total. The monoisotopic (exact) mass is 262 g/mol. The molecule has 19 heavy (non-hydrogen) atoms. The molecule has 1 amide bonds. The minimum absolute atomic E-state index is 0.0187. The summed E-state index contributed by atoms with van der Waals surface area (Å²) in [7, 11) is 2.93. The Balaban J connectivity index is 2.00. The van der Waals surface area contributed by atoms with Gasteiger partial charge in [-0.05, 0) is 17.5 Å². The topological polar surface area (TPSA) is 58.6 Å². The number of ether oxygens (including phenoxy) is 1. The highest BCUT2D eigenvalue weighted by Crippen LogP contribution is 2.17. The normalized spacial score (nSPS) is 17.5. The fourth-order valence-corrected chi connectivity index (χ4v) is 2.23. The lowest BCUT2D eigenvalue weighted by atomic mass is 9.95. The summed E-state index contributed by atoms with van der Waals surface area (Å²) in [5, 5.41) is 3.20. The first-order valence-electron chi connectivity index (χ1n) is 6.23. The van der Waals surface area contributed by atoms with E-state index in [4.69, 9.17) is 0 Å². The highest BCUT2D eigenvalue weighted by Gasteiger charge is 2.27. The first-order chi connectivity index (χ1) is 9.11. The Kier molecular flexibility index (Phi) is 4.16. The zero-order chi connectivity index (χ0) is 13.8. The van der Waals surface area contributed by atoms with E-state index in [1.807, 2.05) is 18.2 Å². The Morgan fingerprint density at radius 2 is 2.05 bits per heavy atom. The maximum Gasteiger partial charge on any atom is 0.325 e. The zero-order valence-corrected chi connectivity index (χ0v) is 11.2. The van der Waals surface area contributed by atoms with Crippen LogP contribution in [-0.4, -0.2) is 43.5 Å². The molecule has 1 aromatic carbocycles. The molecule has 0 aromatic heterocycles. The molecule has 0 spiro atoms. The van der Waals surface area contributed by atoms with Crippen molar-refractivity contribution >= 4 is 11.9 Å². The summed E-state index contributed by atoms with van der Waals surface area (Å²) in [5.41, 5.74) is 2.41. The van der Waals surface area contributed by atoms with Crippen molar-refractivity contribution in [1.82, 2.24) is 10.2 Å². The number of amides is 1. The summed E-state index contributed by atoms with van der Waals surface area (Å²) in [5.74, 6) is -0.494. The Morgan fingerprint density at radius 1 is 1.37 bits per heavy atom. The van der Waals surface area contributed by atoms with Crippen LogP contribution in [0.1, 0.15) is 11.1 Å². The van der Waals surface area contributed by atoms with Gasteiger partial charge in [0.15, 0.2) is 0 Å². The third-order valence-corrected chi connectivity index (χ3v) is 3.35. The van der Waals surface area contributed by atoms with Gasteiger partial charge in [0, 0.05) is 13.6 Å². The predicted octanol–water partition coefficient (Wildman–Crippen LogP) is 0.332. The van der Waals surface area contributed by atoms with Crippen molar-refractivity contribution in [3.8, 4) is 0 Å². The van der Waals surface area contributed by atoms with E-state index in [1.54, 1.807) is 7.05 Å². The fourth-order valence-electron chi connectivity index (χ4n) is 2.23. The van der Waals surface area contributed by atoms with Crippen LogP contribution in [0.4, 0.5) is 0 Å². The van der Waals surface area contributed by atoms with Gasteiger partial charge in [-0.2, -0.15) is 0 Å². The van der Waals surface area contributed by atoms with Gasteiger partial charge < -0.3 is 15.0 Å². The molecule has 1 aliphatic rings. The summed E-state index contributed by atoms with van der Waals surface area (Å²) in [6, 6.07) is 7.79. The number of fused-ring (bicyclic) bond motifs is 1. The van der Waals surface area contributed by atoms with E-state index in [9.17, 15) is 9.59 Å². The van der Waals surface area contributed by atoms with Crippen LogP contribution in [0, 0.1) is 0 Å². The van der Waals surface area contributed by atoms with Crippen LogP contribution in [0.3, 0.4) is 0 Å². The van der Waals surface area contributed by atoms with E-state index in [1.165, 1.54) is 23.1 Å². The predicted molar refractivity (Wildman–Crippen MR) is 70.4 cm³/mol. The molecule has 2 rings (SSSR count). The van der Waals surface area contributed by atoms with E-state index in [0.717, 1.165) is 0 Å². The number of carbonyl (C=O) groups is 2. The van der Waals surface area contributed by atoms with Crippen LogP contribution >= 0.6 is 0 Å². The third kappa shape index (κ3) is 3.12. The lowest BCUT2D eigenvalue weighted by molar-refractivity contribution is -0.146. The smallest absolute Gasteiger partial charge is 0.325 e. The summed E-state index contributed by atoms with van der Waals surface area (Å²) in [6.45, 7) is 0.661. The number of hydrogen-bond acceptors (Lipinski definition) is 4. The average Bonchev–Trinajstić information content (AvgIpc) is 2.45. The number of esters is 1. The summed E-state index contributed by atoms with van der Waals surface area (Å²) in [4.78, 5) is 24.8. The molecular formula is C14H18N2O3. The minimum Gasteiger partial charge on any atom is -0.468 e. The van der Waals surface area contributed by atoms with E-state index in [-0.39, 0.29) is 18.5 Å². The molecule has 0 unspecified atom stereocenters. The summed E-state index contributed by atoms with van der Waals surface area (Å²) >= 11 is 0. The molecule has 5 heteroatoms. The number of carbonyl (C=O) groups excluding carboxylic acids is 2. The van der Waals surface area contributed by atoms with Crippen molar-refractivity contribution in [3.05, 3.63) is 35.4 Å². The number of nitrogens with zero attached hydrogens (tertiary/aromatic N) is 1. The van der Waals surface area contributed by atoms with Crippen molar-refractivity contribution in [3.63, 3.8) is 0 Å². The number of rotatable bonds is 3. The third-order valence-electron chi connectivity index (χ3n) is 3.35. The number of methoxy groups -OCH3 is 1. The molecule has 0 saturated carbocycles. The molecule has 1 aliphatic heterocycles. The number of likely N-dealkylation sites (N-methyl/N-ethyl adjacent to an activating group) is 1. The summed E-state index contributed by atoms with van der Waals surface area (Å²) in [6.07, 6.45) is 0.653.